The number of aliphatic hydroxyl groups excluding tert-OH is 1. The molecule has 2 N–H and O–H groups in total. The molecular formula is C27H35N5O5S. The lowest BCUT2D eigenvalue weighted by Crippen LogP contribution is -2.38. The molecule has 0 unspecified atom stereocenters. The van der Waals surface area contributed by atoms with E-state index in [0.29, 0.717) is 44.2 Å². The summed E-state index contributed by atoms with van der Waals surface area (Å²) in [7, 11) is -3.01. The van der Waals surface area contributed by atoms with E-state index >= 15 is 0 Å². The third kappa shape index (κ3) is 6.27. The average molecular weight is 542 g/mol. The van der Waals surface area contributed by atoms with Crippen molar-refractivity contribution in [1.29, 1.82) is 0 Å². The molecule has 0 radical (unpaired) electrons. The highest BCUT2D eigenvalue weighted by Gasteiger charge is 2.33. The van der Waals surface area contributed by atoms with Crippen LogP contribution >= 0.6 is 0 Å². The van der Waals surface area contributed by atoms with Crippen LogP contribution in [0.3, 0.4) is 0 Å². The number of aromatic nitrogens is 3. The van der Waals surface area contributed by atoms with E-state index in [9.17, 15) is 18.3 Å². The molecule has 204 valence electrons. The first-order valence-corrected chi connectivity index (χ1v) is 15.3. The van der Waals surface area contributed by atoms with Crippen molar-refractivity contribution in [3.05, 3.63) is 42.7 Å². The molecule has 2 fully saturated rings. The van der Waals surface area contributed by atoms with Gasteiger partial charge in [-0.15, -0.1) is 0 Å². The lowest BCUT2D eigenvalue weighted by molar-refractivity contribution is -0.135. The monoisotopic (exact) mass is 541 g/mol. The van der Waals surface area contributed by atoms with Gasteiger partial charge in [-0.05, 0) is 62.8 Å². The average Bonchev–Trinajstić information content (AvgIpc) is 3.53. The van der Waals surface area contributed by atoms with Crippen LogP contribution in [0.4, 0.5) is 5.95 Å². The van der Waals surface area contributed by atoms with Crippen LogP contribution in [0.2, 0.25) is 0 Å². The summed E-state index contributed by atoms with van der Waals surface area (Å²) >= 11 is 0. The number of aliphatic hydroxyl groups is 1. The van der Waals surface area contributed by atoms with E-state index in [1.807, 2.05) is 46.0 Å². The van der Waals surface area contributed by atoms with Gasteiger partial charge in [0.1, 0.15) is 21.4 Å². The predicted molar refractivity (Wildman–Crippen MR) is 145 cm³/mol. The van der Waals surface area contributed by atoms with Gasteiger partial charge < -0.3 is 24.6 Å². The number of amides is 1. The van der Waals surface area contributed by atoms with Gasteiger partial charge in [0.15, 0.2) is 0 Å². The van der Waals surface area contributed by atoms with Gasteiger partial charge in [0.25, 0.3) is 0 Å². The fourth-order valence-electron chi connectivity index (χ4n) is 5.39. The minimum atomic E-state index is -3.01. The van der Waals surface area contributed by atoms with Crippen LogP contribution in [0.15, 0.2) is 42.7 Å². The lowest BCUT2D eigenvalue weighted by atomic mass is 9.85. The third-order valence-electron chi connectivity index (χ3n) is 7.38. The Balaban J connectivity index is 1.21. The number of fused-ring (bicyclic) bond motifs is 1. The number of likely N-dealkylation sites (tertiary alicyclic amines) is 1. The van der Waals surface area contributed by atoms with E-state index in [4.69, 9.17) is 9.72 Å². The Kier molecular flexibility index (Phi) is 7.85. The van der Waals surface area contributed by atoms with Crippen molar-refractivity contribution in [2.45, 2.75) is 50.7 Å². The van der Waals surface area contributed by atoms with Crippen molar-refractivity contribution in [3.8, 4) is 11.6 Å². The van der Waals surface area contributed by atoms with Gasteiger partial charge in [0.2, 0.25) is 11.9 Å². The molecule has 3 aromatic rings. The van der Waals surface area contributed by atoms with Crippen molar-refractivity contribution >= 4 is 32.6 Å². The summed E-state index contributed by atoms with van der Waals surface area (Å²) in [6.07, 6.45) is 9.00. The van der Waals surface area contributed by atoms with Gasteiger partial charge in [-0.3, -0.25) is 4.79 Å². The largest absolute Gasteiger partial charge is 0.493 e. The van der Waals surface area contributed by atoms with Crippen molar-refractivity contribution in [2.24, 2.45) is 5.92 Å². The highest BCUT2D eigenvalue weighted by Crippen LogP contribution is 2.30. The molecule has 5 rings (SSSR count). The van der Waals surface area contributed by atoms with E-state index in [0.717, 1.165) is 42.4 Å². The molecule has 1 atom stereocenters. The third-order valence-corrected chi connectivity index (χ3v) is 8.41. The minimum absolute atomic E-state index is 0.0274. The molecule has 1 aliphatic heterocycles. The number of hydrogen-bond acceptors (Lipinski definition) is 8. The normalized spacial score (nSPS) is 22.1. The van der Waals surface area contributed by atoms with Crippen LogP contribution in [0.25, 0.3) is 16.7 Å². The number of carbonyl (C=O) groups excluding carboxylic acids is 1. The number of β-amino-alcohol motifs (C(OH)–C–C–N with tert-alkyl or cyclic N) is 1. The van der Waals surface area contributed by atoms with Crippen molar-refractivity contribution < 1.29 is 23.1 Å². The first-order chi connectivity index (χ1) is 18.3. The maximum atomic E-state index is 12.8. The summed E-state index contributed by atoms with van der Waals surface area (Å²) in [5.41, 5.74) is 0.932. The molecule has 1 saturated heterocycles. The van der Waals surface area contributed by atoms with Crippen LogP contribution in [-0.4, -0.2) is 82.7 Å². The van der Waals surface area contributed by atoms with E-state index < -0.39 is 9.84 Å². The molecule has 1 aliphatic carbocycles. The van der Waals surface area contributed by atoms with E-state index in [1.54, 1.807) is 6.20 Å². The van der Waals surface area contributed by atoms with Gasteiger partial charge in [-0.2, -0.15) is 4.98 Å². The van der Waals surface area contributed by atoms with E-state index in [2.05, 4.69) is 10.3 Å². The lowest BCUT2D eigenvalue weighted by Gasteiger charge is -2.30. The Labute approximate surface area is 222 Å². The zero-order chi connectivity index (χ0) is 26.7. The summed E-state index contributed by atoms with van der Waals surface area (Å²) < 4.78 is 30.6. The summed E-state index contributed by atoms with van der Waals surface area (Å²) in [4.78, 5) is 23.7. The summed E-state index contributed by atoms with van der Waals surface area (Å²) in [5, 5.41) is 14.1. The van der Waals surface area contributed by atoms with Gasteiger partial charge >= 0.3 is 0 Å². The number of nitrogens with one attached hydrogen (secondary N) is 1. The summed E-state index contributed by atoms with van der Waals surface area (Å²) in [5.74, 6) is 2.28. The van der Waals surface area contributed by atoms with Crippen LogP contribution in [0.5, 0.6) is 5.75 Å². The molecule has 1 amide bonds. The molecule has 1 aromatic carbocycles. The molecule has 2 aliphatic rings. The SMILES string of the molecule is CS(=O)(=O)CCCOc1cccc2c1ccn2-c1ccnc(NC2CCC(C(=O)N3CC[C@@H](O)C3)CC2)n1. The van der Waals surface area contributed by atoms with Crippen molar-refractivity contribution in [2.75, 3.05) is 37.0 Å². The number of benzene rings is 1. The van der Waals surface area contributed by atoms with Crippen molar-refractivity contribution in [1.82, 2.24) is 19.4 Å². The molecule has 3 heterocycles. The number of carbonyl (C=O) groups is 1. The highest BCUT2D eigenvalue weighted by molar-refractivity contribution is 7.90. The van der Waals surface area contributed by atoms with Crippen LogP contribution in [0.1, 0.15) is 38.5 Å². The van der Waals surface area contributed by atoms with Gasteiger partial charge in [0, 0.05) is 49.1 Å². The summed E-state index contributed by atoms with van der Waals surface area (Å²) in [6, 6.07) is 9.80. The fourth-order valence-corrected chi connectivity index (χ4v) is 6.03. The number of rotatable bonds is 9. The first kappa shape index (κ1) is 26.4. The second-order valence-corrected chi connectivity index (χ2v) is 12.6. The number of hydrogen-bond donors (Lipinski definition) is 2. The zero-order valence-corrected chi connectivity index (χ0v) is 22.4. The Morgan fingerprint density at radius 3 is 2.71 bits per heavy atom. The number of ether oxygens (including phenoxy) is 1. The summed E-state index contributed by atoms with van der Waals surface area (Å²) in [6.45, 7) is 1.44. The van der Waals surface area contributed by atoms with Crippen molar-refractivity contribution in [3.63, 3.8) is 0 Å². The Bertz CT molecular complexity index is 1380. The number of sulfone groups is 1. The molecule has 0 spiro atoms. The Morgan fingerprint density at radius 2 is 1.97 bits per heavy atom. The zero-order valence-electron chi connectivity index (χ0n) is 21.6. The topological polar surface area (TPSA) is 127 Å². The molecule has 0 bridgehead atoms. The van der Waals surface area contributed by atoms with E-state index in [-0.39, 0.29) is 29.7 Å². The predicted octanol–water partition coefficient (Wildman–Crippen LogP) is 2.80. The first-order valence-electron chi connectivity index (χ1n) is 13.2. The standard InChI is InChI=1S/C27H35N5O5S/c1-38(35,36)17-3-16-37-24-5-2-4-23-22(24)12-15-32(23)25-10-13-28-27(30-25)29-20-8-6-19(7-9-20)26(34)31-14-11-21(33)18-31/h2,4-5,10,12-13,15,19-21,33H,3,6-9,11,14,16-18H2,1H3,(H,28,29,30)/t19?,20?,21-/m1/s1. The van der Waals surface area contributed by atoms with Crippen LogP contribution in [0, 0.1) is 5.92 Å². The van der Waals surface area contributed by atoms with Gasteiger partial charge in [-0.25, -0.2) is 13.4 Å². The maximum Gasteiger partial charge on any atom is 0.225 e. The fraction of sp³-hybridized carbons (Fsp3) is 0.519. The molecule has 2 aromatic heterocycles. The molecule has 10 nitrogen and oxygen atoms in total. The second-order valence-electron chi connectivity index (χ2n) is 10.4. The smallest absolute Gasteiger partial charge is 0.225 e. The molecule has 1 saturated carbocycles. The van der Waals surface area contributed by atoms with Crippen LogP contribution in [-0.2, 0) is 14.6 Å². The molecule has 38 heavy (non-hydrogen) atoms. The number of anilines is 1. The van der Waals surface area contributed by atoms with Gasteiger partial charge in [-0.1, -0.05) is 6.07 Å². The highest BCUT2D eigenvalue weighted by atomic mass is 32.2. The number of nitrogens with zero attached hydrogens (tertiary/aromatic N) is 4. The maximum absolute atomic E-state index is 12.8. The quantitative estimate of drug-likeness (QED) is 0.396. The second kappa shape index (κ2) is 11.3. The molecular weight excluding hydrogens is 506 g/mol. The Hall–Kier alpha value is -3.18. The van der Waals surface area contributed by atoms with Gasteiger partial charge in [0.05, 0.1) is 24.0 Å². The van der Waals surface area contributed by atoms with Crippen LogP contribution < -0.4 is 10.1 Å². The molecule has 11 heteroatoms. The van der Waals surface area contributed by atoms with E-state index in [1.165, 1.54) is 6.26 Å². The Morgan fingerprint density at radius 1 is 1.16 bits per heavy atom. The minimum Gasteiger partial charge on any atom is -0.493 e.